The number of nitrogens with zero attached hydrogens (tertiary/aromatic N) is 4. The van der Waals surface area contributed by atoms with E-state index in [4.69, 9.17) is 21.1 Å². The van der Waals surface area contributed by atoms with Crippen LogP contribution in [0.3, 0.4) is 0 Å². The lowest BCUT2D eigenvalue weighted by Gasteiger charge is -2.38. The monoisotopic (exact) mass is 510 g/mol. The molecule has 2 aromatic carbocycles. The second-order valence-corrected chi connectivity index (χ2v) is 9.02. The Bertz CT molecular complexity index is 971. The number of anilines is 1. The summed E-state index contributed by atoms with van der Waals surface area (Å²) in [4.78, 5) is 16.9. The van der Waals surface area contributed by atoms with Crippen LogP contribution in [0.1, 0.15) is 12.8 Å². The molecule has 8 heteroatoms. The van der Waals surface area contributed by atoms with E-state index in [9.17, 15) is 4.79 Å². The zero-order chi connectivity index (χ0) is 25.6. The number of ether oxygens (including phenoxy) is 2. The number of benzene rings is 2. The minimum Gasteiger partial charge on any atom is -0.379 e. The molecule has 1 amide bonds. The first kappa shape index (κ1) is 27.6. The van der Waals surface area contributed by atoms with Crippen LogP contribution >= 0.6 is 11.6 Å². The van der Waals surface area contributed by atoms with E-state index in [0.29, 0.717) is 13.1 Å². The van der Waals surface area contributed by atoms with E-state index < -0.39 is 0 Å². The Balaban J connectivity index is 0.000000225. The van der Waals surface area contributed by atoms with Crippen LogP contribution < -0.4 is 4.90 Å². The molecule has 192 valence electrons. The number of carbonyl (C=O) groups excluding carboxylic acids is 1. The number of hydrogen-bond donors (Lipinski definition) is 0. The molecule has 5 rings (SSSR count). The molecule has 2 aliphatic heterocycles. The highest BCUT2D eigenvalue weighted by Gasteiger charge is 2.37. The van der Waals surface area contributed by atoms with Crippen molar-refractivity contribution in [2.45, 2.75) is 25.0 Å². The van der Waals surface area contributed by atoms with Gasteiger partial charge >= 0.3 is 0 Å². The lowest BCUT2D eigenvalue weighted by atomic mass is 10.0. The van der Waals surface area contributed by atoms with Gasteiger partial charge in [-0.1, -0.05) is 66.2 Å². The molecular formula is C28H35ClN4O3. The molecule has 0 bridgehead atoms. The van der Waals surface area contributed by atoms with Gasteiger partial charge in [0.05, 0.1) is 12.0 Å². The Morgan fingerprint density at radius 2 is 1.47 bits per heavy atom. The fourth-order valence-electron chi connectivity index (χ4n) is 4.28. The molecule has 2 saturated heterocycles. The topological polar surface area (TPSA) is 67.8 Å². The molecule has 7 nitrogen and oxygen atoms in total. The maximum atomic E-state index is 12.8. The maximum Gasteiger partial charge on any atom is 0.227 e. The van der Waals surface area contributed by atoms with Gasteiger partial charge in [-0.15, -0.1) is 5.10 Å². The normalized spacial score (nSPS) is 21.0. The number of amides is 1. The largest absolute Gasteiger partial charge is 0.379 e. The molecule has 0 saturated carbocycles. The lowest BCUT2D eigenvalue weighted by molar-refractivity contribution is -0.144. The summed E-state index contributed by atoms with van der Waals surface area (Å²) in [6, 6.07) is 25.3. The number of piperidine rings is 1. The van der Waals surface area contributed by atoms with Gasteiger partial charge in [0.25, 0.3) is 0 Å². The quantitative estimate of drug-likeness (QED) is 0.511. The van der Waals surface area contributed by atoms with Crippen LogP contribution in [0.5, 0.6) is 0 Å². The predicted molar refractivity (Wildman–Crippen MR) is 143 cm³/mol. The summed E-state index contributed by atoms with van der Waals surface area (Å²) in [5.74, 6) is 1.08. The van der Waals surface area contributed by atoms with Crippen molar-refractivity contribution in [3.8, 4) is 0 Å². The fourth-order valence-corrected chi connectivity index (χ4v) is 4.43. The third-order valence-corrected chi connectivity index (χ3v) is 6.49. The van der Waals surface area contributed by atoms with Gasteiger partial charge in [0.1, 0.15) is 6.10 Å². The SMILES string of the molecule is COC1CCN(C(=O)C2CCN(c3cccnn3)C2)CC1OC.Clc1ccccc1.c1ccccc1. The average Bonchev–Trinajstić information content (AvgIpc) is 3.45. The van der Waals surface area contributed by atoms with Gasteiger partial charge in [0.15, 0.2) is 5.82 Å². The highest BCUT2D eigenvalue weighted by molar-refractivity contribution is 6.30. The van der Waals surface area contributed by atoms with E-state index >= 15 is 0 Å². The predicted octanol–water partition coefficient (Wildman–Crippen LogP) is 4.59. The minimum absolute atomic E-state index is 0.0219. The minimum atomic E-state index is -0.0461. The van der Waals surface area contributed by atoms with Gasteiger partial charge in [-0.25, -0.2) is 0 Å². The van der Waals surface area contributed by atoms with Gasteiger partial charge in [0, 0.05) is 51.6 Å². The Morgan fingerprint density at radius 3 is 2.00 bits per heavy atom. The van der Waals surface area contributed by atoms with E-state index in [1.807, 2.05) is 83.8 Å². The van der Waals surface area contributed by atoms with Crippen LogP contribution in [-0.2, 0) is 14.3 Å². The van der Waals surface area contributed by atoms with E-state index in [2.05, 4.69) is 15.1 Å². The number of hydrogen-bond acceptors (Lipinski definition) is 6. The molecule has 3 heterocycles. The van der Waals surface area contributed by atoms with Crippen molar-refractivity contribution in [3.63, 3.8) is 0 Å². The number of methoxy groups -OCH3 is 2. The summed E-state index contributed by atoms with van der Waals surface area (Å²) >= 11 is 5.54. The molecule has 1 aromatic heterocycles. The van der Waals surface area contributed by atoms with Gasteiger partial charge in [-0.2, -0.15) is 5.10 Å². The Kier molecular flexibility index (Phi) is 11.6. The number of halogens is 1. The van der Waals surface area contributed by atoms with Gasteiger partial charge in [-0.3, -0.25) is 4.79 Å². The van der Waals surface area contributed by atoms with Gasteiger partial charge in [-0.05, 0) is 37.1 Å². The van der Waals surface area contributed by atoms with Gasteiger partial charge < -0.3 is 19.3 Å². The Hall–Kier alpha value is -3.00. The molecule has 3 unspecified atom stereocenters. The van der Waals surface area contributed by atoms with E-state index in [1.165, 1.54) is 0 Å². The molecule has 3 atom stereocenters. The van der Waals surface area contributed by atoms with E-state index in [-0.39, 0.29) is 24.0 Å². The van der Waals surface area contributed by atoms with Crippen LogP contribution in [0.15, 0.2) is 85.1 Å². The third-order valence-electron chi connectivity index (χ3n) is 6.24. The summed E-state index contributed by atoms with van der Waals surface area (Å²) in [6.45, 7) is 2.89. The maximum absolute atomic E-state index is 12.8. The first-order valence-electron chi connectivity index (χ1n) is 12.2. The number of carbonyl (C=O) groups is 1. The highest BCUT2D eigenvalue weighted by atomic mass is 35.5. The summed E-state index contributed by atoms with van der Waals surface area (Å²) < 4.78 is 10.9. The van der Waals surface area contributed by atoms with Crippen LogP contribution in [0.2, 0.25) is 5.02 Å². The molecule has 3 aromatic rings. The lowest BCUT2D eigenvalue weighted by Crippen LogP contribution is -2.52. The Morgan fingerprint density at radius 1 is 0.833 bits per heavy atom. The van der Waals surface area contributed by atoms with Crippen LogP contribution in [0, 0.1) is 5.92 Å². The van der Waals surface area contributed by atoms with Crippen molar-refractivity contribution in [2.75, 3.05) is 45.3 Å². The summed E-state index contributed by atoms with van der Waals surface area (Å²) in [5, 5.41) is 8.83. The second kappa shape index (κ2) is 15.2. The summed E-state index contributed by atoms with van der Waals surface area (Å²) in [5.41, 5.74) is 0. The van der Waals surface area contributed by atoms with E-state index in [0.717, 1.165) is 36.8 Å². The number of aromatic nitrogens is 2. The summed E-state index contributed by atoms with van der Waals surface area (Å²) in [7, 11) is 3.37. The molecular weight excluding hydrogens is 476 g/mol. The molecule has 0 radical (unpaired) electrons. The van der Waals surface area contributed by atoms with Crippen molar-refractivity contribution >= 4 is 23.3 Å². The zero-order valence-corrected chi connectivity index (χ0v) is 21.7. The fraction of sp³-hybridized carbons (Fsp3) is 0.393. The zero-order valence-electron chi connectivity index (χ0n) is 20.9. The molecule has 0 spiro atoms. The first-order chi connectivity index (χ1) is 17.6. The standard InChI is InChI=1S/C16H24N4O3.C6H5Cl.C6H6/c1-22-13-6-9-20(11-14(13)23-2)16(21)12-5-8-19(10-12)15-4-3-7-17-18-15;7-6-4-2-1-3-5-6;1-2-4-6-5-3-1/h3-4,7,12-14H,5-6,8-11H2,1-2H3;1-5H;1-6H. The third kappa shape index (κ3) is 8.59. The van der Waals surface area contributed by atoms with Crippen LogP contribution in [0.4, 0.5) is 5.82 Å². The molecule has 0 N–H and O–H groups in total. The molecule has 0 aliphatic carbocycles. The van der Waals surface area contributed by atoms with Crippen LogP contribution in [0.25, 0.3) is 0 Å². The van der Waals surface area contributed by atoms with Crippen molar-refractivity contribution in [3.05, 3.63) is 90.1 Å². The van der Waals surface area contributed by atoms with E-state index in [1.54, 1.807) is 20.4 Å². The van der Waals surface area contributed by atoms with Crippen molar-refractivity contribution < 1.29 is 14.3 Å². The van der Waals surface area contributed by atoms with Crippen LogP contribution in [-0.4, -0.2) is 73.6 Å². The van der Waals surface area contributed by atoms with Crippen molar-refractivity contribution in [2.24, 2.45) is 5.92 Å². The average molecular weight is 511 g/mol. The molecule has 36 heavy (non-hydrogen) atoms. The molecule has 2 aliphatic rings. The smallest absolute Gasteiger partial charge is 0.227 e. The van der Waals surface area contributed by atoms with Gasteiger partial charge in [0.2, 0.25) is 5.91 Å². The van der Waals surface area contributed by atoms with Crippen molar-refractivity contribution in [1.29, 1.82) is 0 Å². The summed E-state index contributed by atoms with van der Waals surface area (Å²) in [6.07, 6.45) is 3.37. The number of rotatable bonds is 4. The highest BCUT2D eigenvalue weighted by Crippen LogP contribution is 2.25. The van der Waals surface area contributed by atoms with Crippen molar-refractivity contribution in [1.82, 2.24) is 15.1 Å². The number of likely N-dealkylation sites (tertiary alicyclic amines) is 1. The molecule has 2 fully saturated rings. The first-order valence-corrected chi connectivity index (χ1v) is 12.6. The Labute approximate surface area is 219 Å². The second-order valence-electron chi connectivity index (χ2n) is 8.58.